The van der Waals surface area contributed by atoms with E-state index in [1.54, 1.807) is 0 Å². The lowest BCUT2D eigenvalue weighted by molar-refractivity contribution is -0.146. The number of aliphatic hydroxyl groups excluding tert-OH is 1. The topological polar surface area (TPSA) is 57.6 Å². The molecule has 0 spiro atoms. The van der Waals surface area contributed by atoms with Gasteiger partial charge >= 0.3 is 0 Å². The summed E-state index contributed by atoms with van der Waals surface area (Å²) < 4.78 is 0. The van der Waals surface area contributed by atoms with Gasteiger partial charge < -0.3 is 5.11 Å². The van der Waals surface area contributed by atoms with Gasteiger partial charge in [-0.25, -0.2) is 0 Å². The second kappa shape index (κ2) is 3.92. The van der Waals surface area contributed by atoms with Crippen molar-refractivity contribution in [1.82, 2.24) is 4.90 Å². The van der Waals surface area contributed by atoms with E-state index in [1.165, 1.54) is 12.2 Å². The molecular formula is C10H15NO3. The molecule has 1 aliphatic heterocycles. The molecule has 0 saturated carbocycles. The molecule has 0 atom stereocenters. The van der Waals surface area contributed by atoms with Crippen LogP contribution in [0.1, 0.15) is 26.7 Å². The first-order valence-corrected chi connectivity index (χ1v) is 4.78. The molecule has 4 heteroatoms. The van der Waals surface area contributed by atoms with E-state index in [0.717, 1.165) is 4.90 Å². The Morgan fingerprint density at radius 1 is 1.21 bits per heavy atom. The Hall–Kier alpha value is -1.16. The summed E-state index contributed by atoms with van der Waals surface area (Å²) >= 11 is 0. The van der Waals surface area contributed by atoms with Crippen molar-refractivity contribution in [3.05, 3.63) is 12.2 Å². The van der Waals surface area contributed by atoms with Crippen molar-refractivity contribution < 1.29 is 14.7 Å². The van der Waals surface area contributed by atoms with Gasteiger partial charge in [0.2, 0.25) is 0 Å². The molecule has 0 aromatic heterocycles. The van der Waals surface area contributed by atoms with E-state index in [1.807, 2.05) is 13.8 Å². The lowest BCUT2D eigenvalue weighted by atomic mass is 9.91. The van der Waals surface area contributed by atoms with Crippen molar-refractivity contribution in [1.29, 1.82) is 0 Å². The number of rotatable bonds is 4. The summed E-state index contributed by atoms with van der Waals surface area (Å²) in [6, 6.07) is 0. The standard InChI is InChI=1S/C10H15NO3/c1-3-10(4-2,7-12)11-8(13)5-6-9(11)14/h5-6,12H,3-4,7H2,1-2H3. The lowest BCUT2D eigenvalue weighted by Crippen LogP contribution is -2.53. The molecule has 0 aliphatic carbocycles. The summed E-state index contributed by atoms with van der Waals surface area (Å²) in [5, 5.41) is 9.30. The van der Waals surface area contributed by atoms with Gasteiger partial charge in [0.05, 0.1) is 12.1 Å². The molecule has 0 aromatic rings. The van der Waals surface area contributed by atoms with E-state index in [4.69, 9.17) is 0 Å². The molecule has 0 radical (unpaired) electrons. The Morgan fingerprint density at radius 2 is 1.64 bits per heavy atom. The normalized spacial score (nSPS) is 16.9. The van der Waals surface area contributed by atoms with Crippen LogP contribution < -0.4 is 0 Å². The number of hydrogen-bond acceptors (Lipinski definition) is 3. The highest BCUT2D eigenvalue weighted by molar-refractivity contribution is 6.13. The van der Waals surface area contributed by atoms with Gasteiger partial charge in [-0.2, -0.15) is 0 Å². The SMILES string of the molecule is CCC(CC)(CO)N1C(=O)C=CC1=O. The molecule has 0 fully saturated rings. The van der Waals surface area contributed by atoms with Crippen LogP contribution in [0.4, 0.5) is 0 Å². The summed E-state index contributed by atoms with van der Waals surface area (Å²) in [5.74, 6) is -0.652. The maximum atomic E-state index is 11.4. The predicted octanol–water partition coefficient (Wildman–Crippen LogP) is 0.462. The van der Waals surface area contributed by atoms with Gasteiger partial charge in [0, 0.05) is 12.2 Å². The number of hydrogen-bond donors (Lipinski definition) is 1. The van der Waals surface area contributed by atoms with Crippen LogP contribution in [-0.2, 0) is 9.59 Å². The maximum absolute atomic E-state index is 11.4. The Morgan fingerprint density at radius 3 is 1.93 bits per heavy atom. The van der Waals surface area contributed by atoms with Crippen LogP contribution in [-0.4, -0.2) is 34.0 Å². The molecule has 2 amide bonds. The fourth-order valence-electron chi connectivity index (χ4n) is 1.73. The fourth-order valence-corrected chi connectivity index (χ4v) is 1.73. The van der Waals surface area contributed by atoms with Crippen LogP contribution in [0.25, 0.3) is 0 Å². The molecule has 1 N–H and O–H groups in total. The molecule has 0 unspecified atom stereocenters. The summed E-state index contributed by atoms with van der Waals surface area (Å²) in [6.07, 6.45) is 3.63. The summed E-state index contributed by atoms with van der Waals surface area (Å²) in [7, 11) is 0. The lowest BCUT2D eigenvalue weighted by Gasteiger charge is -2.37. The number of carbonyl (C=O) groups is 2. The van der Waals surface area contributed by atoms with Crippen LogP contribution in [0.15, 0.2) is 12.2 Å². The number of amides is 2. The van der Waals surface area contributed by atoms with Gasteiger partial charge in [-0.1, -0.05) is 13.8 Å². The van der Waals surface area contributed by atoms with Gasteiger partial charge in [-0.15, -0.1) is 0 Å². The molecule has 1 heterocycles. The summed E-state index contributed by atoms with van der Waals surface area (Å²) in [5.41, 5.74) is -0.725. The molecule has 0 saturated heterocycles. The van der Waals surface area contributed by atoms with Gasteiger partial charge in [-0.3, -0.25) is 14.5 Å². The van der Waals surface area contributed by atoms with Gasteiger partial charge in [0.25, 0.3) is 11.8 Å². The second-order valence-corrected chi connectivity index (χ2v) is 3.43. The Kier molecular flexibility index (Phi) is 3.06. The Balaban J connectivity index is 3.00. The summed E-state index contributed by atoms with van der Waals surface area (Å²) in [4.78, 5) is 24.0. The second-order valence-electron chi connectivity index (χ2n) is 3.43. The monoisotopic (exact) mass is 197 g/mol. The third-order valence-corrected chi connectivity index (χ3v) is 2.89. The van der Waals surface area contributed by atoms with Crippen molar-refractivity contribution in [2.75, 3.05) is 6.61 Å². The van der Waals surface area contributed by atoms with E-state index in [2.05, 4.69) is 0 Å². The number of aliphatic hydroxyl groups is 1. The zero-order valence-corrected chi connectivity index (χ0v) is 8.49. The molecule has 78 valence electrons. The van der Waals surface area contributed by atoms with Crippen molar-refractivity contribution in [3.63, 3.8) is 0 Å². The van der Waals surface area contributed by atoms with E-state index in [9.17, 15) is 14.7 Å². The quantitative estimate of drug-likeness (QED) is 0.666. The van der Waals surface area contributed by atoms with Crippen molar-refractivity contribution in [3.8, 4) is 0 Å². The highest BCUT2D eigenvalue weighted by Gasteiger charge is 2.41. The van der Waals surface area contributed by atoms with E-state index in [0.29, 0.717) is 12.8 Å². The van der Waals surface area contributed by atoms with E-state index >= 15 is 0 Å². The molecule has 0 bridgehead atoms. The summed E-state index contributed by atoms with van der Waals surface area (Å²) in [6.45, 7) is 3.54. The number of imide groups is 1. The predicted molar refractivity (Wildman–Crippen MR) is 51.4 cm³/mol. The first kappa shape index (κ1) is 10.9. The highest BCUT2D eigenvalue weighted by atomic mass is 16.3. The van der Waals surface area contributed by atoms with Crippen LogP contribution in [0.5, 0.6) is 0 Å². The van der Waals surface area contributed by atoms with Gasteiger partial charge in [0.15, 0.2) is 0 Å². The molecule has 0 aromatic carbocycles. The number of carbonyl (C=O) groups excluding carboxylic acids is 2. The van der Waals surface area contributed by atoms with E-state index in [-0.39, 0.29) is 18.4 Å². The third kappa shape index (κ3) is 1.46. The highest BCUT2D eigenvalue weighted by Crippen LogP contribution is 2.26. The molecule has 1 aliphatic rings. The molecule has 4 nitrogen and oxygen atoms in total. The van der Waals surface area contributed by atoms with Crippen LogP contribution in [0.2, 0.25) is 0 Å². The molecule has 1 rings (SSSR count). The minimum Gasteiger partial charge on any atom is -0.394 e. The zero-order valence-electron chi connectivity index (χ0n) is 8.49. The van der Waals surface area contributed by atoms with Crippen molar-refractivity contribution in [2.24, 2.45) is 0 Å². The van der Waals surface area contributed by atoms with Crippen molar-refractivity contribution in [2.45, 2.75) is 32.2 Å². The third-order valence-electron chi connectivity index (χ3n) is 2.89. The first-order chi connectivity index (χ1) is 6.61. The van der Waals surface area contributed by atoms with E-state index < -0.39 is 5.54 Å². The van der Waals surface area contributed by atoms with Crippen LogP contribution in [0, 0.1) is 0 Å². The largest absolute Gasteiger partial charge is 0.394 e. The van der Waals surface area contributed by atoms with Crippen LogP contribution >= 0.6 is 0 Å². The average Bonchev–Trinajstić information content (AvgIpc) is 2.53. The van der Waals surface area contributed by atoms with Gasteiger partial charge in [0.1, 0.15) is 0 Å². The minimum absolute atomic E-state index is 0.181. The average molecular weight is 197 g/mol. The Bertz CT molecular complexity index is 253. The smallest absolute Gasteiger partial charge is 0.254 e. The van der Waals surface area contributed by atoms with Crippen LogP contribution in [0.3, 0.4) is 0 Å². The molecule has 14 heavy (non-hydrogen) atoms. The first-order valence-electron chi connectivity index (χ1n) is 4.78. The minimum atomic E-state index is -0.725. The fraction of sp³-hybridized carbons (Fsp3) is 0.600. The zero-order chi connectivity index (χ0) is 10.8. The Labute approximate surface area is 83.2 Å². The molecular weight excluding hydrogens is 182 g/mol. The maximum Gasteiger partial charge on any atom is 0.254 e. The number of nitrogens with zero attached hydrogens (tertiary/aromatic N) is 1. The van der Waals surface area contributed by atoms with Gasteiger partial charge in [-0.05, 0) is 12.8 Å². The van der Waals surface area contributed by atoms with Crippen molar-refractivity contribution >= 4 is 11.8 Å².